The van der Waals surface area contributed by atoms with E-state index in [4.69, 9.17) is 4.74 Å². The van der Waals surface area contributed by atoms with Crippen LogP contribution in [0.1, 0.15) is 52.9 Å². The first-order valence-corrected chi connectivity index (χ1v) is 8.24. The van der Waals surface area contributed by atoms with Gasteiger partial charge in [-0.25, -0.2) is 0 Å². The molecule has 1 aliphatic heterocycles. The molecule has 0 amide bonds. The smallest absolute Gasteiger partial charge is 0.0593 e. The van der Waals surface area contributed by atoms with Gasteiger partial charge in [0.2, 0.25) is 0 Å². The van der Waals surface area contributed by atoms with Gasteiger partial charge in [0.1, 0.15) is 0 Å². The van der Waals surface area contributed by atoms with Gasteiger partial charge in [0, 0.05) is 37.8 Å². The van der Waals surface area contributed by atoms with Gasteiger partial charge in [-0.1, -0.05) is 33.6 Å². The molecule has 0 bridgehead atoms. The van der Waals surface area contributed by atoms with Crippen LogP contribution in [0.2, 0.25) is 0 Å². The van der Waals surface area contributed by atoms with Gasteiger partial charge in [0.15, 0.2) is 0 Å². The molecule has 1 saturated heterocycles. The van der Waals surface area contributed by atoms with Crippen molar-refractivity contribution in [2.75, 3.05) is 32.8 Å². The van der Waals surface area contributed by atoms with Crippen molar-refractivity contribution in [3.05, 3.63) is 0 Å². The van der Waals surface area contributed by atoms with Crippen LogP contribution in [0, 0.1) is 5.92 Å². The predicted octanol–water partition coefficient (Wildman–Crippen LogP) is 2.66. The first-order valence-electron chi connectivity index (χ1n) is 8.24. The fourth-order valence-electron chi connectivity index (χ4n) is 3.73. The molecule has 2 fully saturated rings. The normalized spacial score (nSPS) is 27.5. The summed E-state index contributed by atoms with van der Waals surface area (Å²) in [6.45, 7) is 12.2. The summed E-state index contributed by atoms with van der Waals surface area (Å²) in [7, 11) is 0. The van der Waals surface area contributed by atoms with E-state index in [0.29, 0.717) is 11.6 Å². The second kappa shape index (κ2) is 7.05. The summed E-state index contributed by atoms with van der Waals surface area (Å²) in [5, 5.41) is 3.87. The van der Waals surface area contributed by atoms with Crippen LogP contribution in [0.5, 0.6) is 0 Å². The van der Waals surface area contributed by atoms with Gasteiger partial charge in [-0.15, -0.1) is 0 Å². The molecule has 2 rings (SSSR count). The molecule has 1 saturated carbocycles. The summed E-state index contributed by atoms with van der Waals surface area (Å²) in [6.07, 6.45) is 6.66. The number of hydrogen-bond donors (Lipinski definition) is 1. The van der Waals surface area contributed by atoms with E-state index < -0.39 is 0 Å². The van der Waals surface area contributed by atoms with Crippen molar-refractivity contribution in [3.63, 3.8) is 0 Å². The van der Waals surface area contributed by atoms with Crippen molar-refractivity contribution in [3.8, 4) is 0 Å². The van der Waals surface area contributed by atoms with Crippen LogP contribution in [0.3, 0.4) is 0 Å². The minimum absolute atomic E-state index is 0.427. The SMILES string of the molecule is CCCOCCN1CC2(CCCC2)NCC1C(C)C. The van der Waals surface area contributed by atoms with Crippen molar-refractivity contribution >= 4 is 0 Å². The first kappa shape index (κ1) is 15.3. The third-order valence-corrected chi connectivity index (χ3v) is 4.86. The van der Waals surface area contributed by atoms with Crippen LogP contribution in [-0.4, -0.2) is 49.3 Å². The summed E-state index contributed by atoms with van der Waals surface area (Å²) in [6, 6.07) is 0.677. The molecule has 112 valence electrons. The monoisotopic (exact) mass is 268 g/mol. The summed E-state index contributed by atoms with van der Waals surface area (Å²) in [5.41, 5.74) is 0.427. The number of ether oxygens (including phenoxy) is 1. The molecule has 2 aliphatic rings. The van der Waals surface area contributed by atoms with Crippen LogP contribution in [0.15, 0.2) is 0 Å². The topological polar surface area (TPSA) is 24.5 Å². The van der Waals surface area contributed by atoms with E-state index in [0.717, 1.165) is 38.6 Å². The Hall–Kier alpha value is -0.120. The molecule has 0 aromatic carbocycles. The molecule has 1 spiro atoms. The van der Waals surface area contributed by atoms with E-state index >= 15 is 0 Å². The third kappa shape index (κ3) is 3.93. The Labute approximate surface area is 119 Å². The van der Waals surface area contributed by atoms with Gasteiger partial charge in [-0.3, -0.25) is 4.90 Å². The Morgan fingerprint density at radius 3 is 2.63 bits per heavy atom. The fourth-order valence-corrected chi connectivity index (χ4v) is 3.73. The maximum absolute atomic E-state index is 5.70. The van der Waals surface area contributed by atoms with Crippen molar-refractivity contribution in [2.45, 2.75) is 64.5 Å². The average molecular weight is 268 g/mol. The lowest BCUT2D eigenvalue weighted by molar-refractivity contribution is 0.0262. The second-order valence-corrected chi connectivity index (χ2v) is 6.76. The van der Waals surface area contributed by atoms with Gasteiger partial charge in [0.25, 0.3) is 0 Å². The quantitative estimate of drug-likeness (QED) is 0.750. The van der Waals surface area contributed by atoms with Crippen LogP contribution >= 0.6 is 0 Å². The number of nitrogens with one attached hydrogen (secondary N) is 1. The molecule has 1 aliphatic carbocycles. The molecular weight excluding hydrogens is 236 g/mol. The standard InChI is InChI=1S/C16H32N2O/c1-4-10-19-11-9-18-13-16(7-5-6-8-16)17-12-15(18)14(2)3/h14-15,17H,4-13H2,1-3H3. The van der Waals surface area contributed by atoms with Crippen LogP contribution in [-0.2, 0) is 4.74 Å². The first-order chi connectivity index (χ1) is 9.17. The minimum Gasteiger partial charge on any atom is -0.380 e. The molecule has 3 heteroatoms. The Balaban J connectivity index is 1.88. The lowest BCUT2D eigenvalue weighted by Crippen LogP contribution is -2.64. The Morgan fingerprint density at radius 2 is 2.00 bits per heavy atom. The Morgan fingerprint density at radius 1 is 1.26 bits per heavy atom. The summed E-state index contributed by atoms with van der Waals surface area (Å²) >= 11 is 0. The van der Waals surface area contributed by atoms with E-state index in [2.05, 4.69) is 31.0 Å². The van der Waals surface area contributed by atoms with E-state index in [1.807, 2.05) is 0 Å². The summed E-state index contributed by atoms with van der Waals surface area (Å²) in [5.74, 6) is 0.720. The highest BCUT2D eigenvalue weighted by Gasteiger charge is 2.41. The summed E-state index contributed by atoms with van der Waals surface area (Å²) in [4.78, 5) is 2.70. The highest BCUT2D eigenvalue weighted by atomic mass is 16.5. The van der Waals surface area contributed by atoms with E-state index in [1.54, 1.807) is 0 Å². The van der Waals surface area contributed by atoms with Gasteiger partial charge >= 0.3 is 0 Å². The van der Waals surface area contributed by atoms with Crippen LogP contribution < -0.4 is 5.32 Å². The Kier molecular flexibility index (Phi) is 5.67. The van der Waals surface area contributed by atoms with E-state index in [1.165, 1.54) is 32.2 Å². The predicted molar refractivity (Wildman–Crippen MR) is 80.5 cm³/mol. The molecule has 19 heavy (non-hydrogen) atoms. The van der Waals surface area contributed by atoms with Gasteiger partial charge in [-0.2, -0.15) is 0 Å². The number of nitrogens with zero attached hydrogens (tertiary/aromatic N) is 1. The summed E-state index contributed by atoms with van der Waals surface area (Å²) < 4.78 is 5.70. The molecule has 0 aromatic heterocycles. The number of piperazine rings is 1. The van der Waals surface area contributed by atoms with Gasteiger partial charge in [-0.05, 0) is 25.2 Å². The van der Waals surface area contributed by atoms with E-state index in [-0.39, 0.29) is 0 Å². The van der Waals surface area contributed by atoms with Crippen molar-refractivity contribution in [1.29, 1.82) is 0 Å². The molecule has 0 radical (unpaired) electrons. The highest BCUT2D eigenvalue weighted by molar-refractivity contribution is 5.01. The zero-order valence-corrected chi connectivity index (χ0v) is 13.1. The average Bonchev–Trinajstić information content (AvgIpc) is 2.83. The number of hydrogen-bond acceptors (Lipinski definition) is 3. The number of rotatable bonds is 6. The van der Waals surface area contributed by atoms with Gasteiger partial charge in [0.05, 0.1) is 6.61 Å². The lowest BCUT2D eigenvalue weighted by atomic mass is 9.89. The maximum atomic E-state index is 5.70. The molecule has 0 aromatic rings. The molecule has 1 unspecified atom stereocenters. The maximum Gasteiger partial charge on any atom is 0.0593 e. The second-order valence-electron chi connectivity index (χ2n) is 6.76. The minimum atomic E-state index is 0.427. The largest absolute Gasteiger partial charge is 0.380 e. The molecule has 1 heterocycles. The van der Waals surface area contributed by atoms with E-state index in [9.17, 15) is 0 Å². The Bertz CT molecular complexity index is 261. The van der Waals surface area contributed by atoms with Crippen LogP contribution in [0.25, 0.3) is 0 Å². The zero-order chi connectivity index (χ0) is 13.7. The van der Waals surface area contributed by atoms with Crippen molar-refractivity contribution in [1.82, 2.24) is 10.2 Å². The molecular formula is C16H32N2O. The van der Waals surface area contributed by atoms with Gasteiger partial charge < -0.3 is 10.1 Å². The zero-order valence-electron chi connectivity index (χ0n) is 13.1. The fraction of sp³-hybridized carbons (Fsp3) is 1.00. The molecule has 1 N–H and O–H groups in total. The van der Waals surface area contributed by atoms with Crippen molar-refractivity contribution in [2.24, 2.45) is 5.92 Å². The van der Waals surface area contributed by atoms with Crippen LogP contribution in [0.4, 0.5) is 0 Å². The lowest BCUT2D eigenvalue weighted by Gasteiger charge is -2.48. The molecule has 1 atom stereocenters. The molecule has 3 nitrogen and oxygen atoms in total. The van der Waals surface area contributed by atoms with Crippen molar-refractivity contribution < 1.29 is 4.74 Å². The third-order valence-electron chi connectivity index (χ3n) is 4.86. The highest BCUT2D eigenvalue weighted by Crippen LogP contribution is 2.34.